The lowest BCUT2D eigenvalue weighted by Crippen LogP contribution is -2.52. The summed E-state index contributed by atoms with van der Waals surface area (Å²) in [6, 6.07) is 10.9. The van der Waals surface area contributed by atoms with E-state index in [2.05, 4.69) is 0 Å². The molecule has 0 saturated heterocycles. The molecule has 0 N–H and O–H groups in total. The summed E-state index contributed by atoms with van der Waals surface area (Å²) in [5, 5.41) is 0.136. The van der Waals surface area contributed by atoms with Crippen molar-refractivity contribution in [2.24, 2.45) is 5.92 Å². The number of esters is 1. The lowest BCUT2D eigenvalue weighted by Gasteiger charge is -2.38. The van der Waals surface area contributed by atoms with Gasteiger partial charge in [-0.25, -0.2) is 0 Å². The summed E-state index contributed by atoms with van der Waals surface area (Å²) in [5.41, 5.74) is -1.26. The van der Waals surface area contributed by atoms with Crippen molar-refractivity contribution in [3.8, 4) is 17.2 Å². The summed E-state index contributed by atoms with van der Waals surface area (Å²) in [4.78, 5) is 39.0. The molecule has 2 heterocycles. The van der Waals surface area contributed by atoms with Crippen molar-refractivity contribution in [1.82, 2.24) is 0 Å². The molecule has 1 spiro atoms. The van der Waals surface area contributed by atoms with Gasteiger partial charge in [-0.1, -0.05) is 48.9 Å². The Kier molecular flexibility index (Phi) is 6.18. The van der Waals surface area contributed by atoms with Crippen molar-refractivity contribution in [3.63, 3.8) is 0 Å². The van der Waals surface area contributed by atoms with Crippen molar-refractivity contribution < 1.29 is 38.1 Å². The maximum atomic E-state index is 14.2. The predicted molar refractivity (Wildman–Crippen MR) is 133 cm³/mol. The number of halogens is 1. The Hall–Kier alpha value is -3.52. The lowest BCUT2D eigenvalue weighted by molar-refractivity contribution is -0.143. The van der Waals surface area contributed by atoms with Crippen LogP contribution in [0.4, 0.5) is 0 Å². The Morgan fingerprint density at radius 1 is 1.11 bits per heavy atom. The highest BCUT2D eigenvalue weighted by Gasteiger charge is 2.65. The molecule has 2 aromatic rings. The maximum Gasteiger partial charge on any atom is 0.302 e. The van der Waals surface area contributed by atoms with Gasteiger partial charge in [-0.15, -0.1) is 0 Å². The fraction of sp³-hybridized carbons (Fsp3) is 0.393. The van der Waals surface area contributed by atoms with E-state index in [0.717, 1.165) is 5.56 Å². The number of fused-ring (bicyclic) bond motifs is 2. The van der Waals surface area contributed by atoms with E-state index in [0.29, 0.717) is 11.3 Å². The van der Waals surface area contributed by atoms with Gasteiger partial charge in [0.2, 0.25) is 11.4 Å². The fourth-order valence-electron chi connectivity index (χ4n) is 5.57. The zero-order chi connectivity index (χ0) is 26.5. The van der Waals surface area contributed by atoms with Crippen LogP contribution in [-0.2, 0) is 24.7 Å². The molecule has 0 bridgehead atoms. The first-order valence-corrected chi connectivity index (χ1v) is 12.4. The first kappa shape index (κ1) is 25.1. The third-order valence-electron chi connectivity index (χ3n) is 7.42. The highest BCUT2D eigenvalue weighted by atomic mass is 35.5. The van der Waals surface area contributed by atoms with Crippen molar-refractivity contribution in [2.45, 2.75) is 44.3 Å². The van der Waals surface area contributed by atoms with Crippen LogP contribution in [0.1, 0.15) is 49.0 Å². The first-order valence-electron chi connectivity index (χ1n) is 12.0. The highest BCUT2D eigenvalue weighted by molar-refractivity contribution is 6.35. The summed E-state index contributed by atoms with van der Waals surface area (Å²) in [6.45, 7) is 3.20. The minimum Gasteiger partial charge on any atom is -0.496 e. The number of methoxy groups -OCH3 is 2. The third kappa shape index (κ3) is 3.69. The molecule has 0 fully saturated rings. The van der Waals surface area contributed by atoms with Gasteiger partial charge in [0.05, 0.1) is 20.8 Å². The van der Waals surface area contributed by atoms with Crippen LogP contribution >= 0.6 is 11.6 Å². The molecular formula is C28H27ClO8. The quantitative estimate of drug-likeness (QED) is 0.495. The molecular weight excluding hydrogens is 500 g/mol. The number of benzene rings is 2. The molecule has 37 heavy (non-hydrogen) atoms. The topological polar surface area (TPSA) is 97.4 Å². The number of hydrogen-bond donors (Lipinski definition) is 0. The molecule has 0 unspecified atom stereocenters. The van der Waals surface area contributed by atoms with E-state index >= 15 is 0 Å². The van der Waals surface area contributed by atoms with Crippen LogP contribution in [0.25, 0.3) is 0 Å². The minimum atomic E-state index is -1.60. The molecule has 0 amide bonds. The van der Waals surface area contributed by atoms with E-state index in [4.69, 9.17) is 35.3 Å². The molecule has 9 heteroatoms. The number of ether oxygens (including phenoxy) is 5. The fourth-order valence-corrected chi connectivity index (χ4v) is 5.84. The van der Waals surface area contributed by atoms with Gasteiger partial charge in [-0.05, 0) is 5.56 Å². The SMILES string of the molecule is COc1cc(OC)c2c(c1Cl)O[C@]1(C2=O)C2=C(C[C@](CCOC(C)=O)(c3ccccc3)O2)C(=O)C[C@H]1C. The number of carbonyl (C=O) groups excluding carboxylic acids is 3. The molecule has 3 aliphatic rings. The summed E-state index contributed by atoms with van der Waals surface area (Å²) < 4.78 is 29.2. The number of carbonyl (C=O) groups is 3. The maximum absolute atomic E-state index is 14.2. The van der Waals surface area contributed by atoms with Crippen LogP contribution in [0.15, 0.2) is 47.7 Å². The summed E-state index contributed by atoms with van der Waals surface area (Å²) in [5.74, 6) is -0.597. The second kappa shape index (κ2) is 9.10. The summed E-state index contributed by atoms with van der Waals surface area (Å²) in [6.07, 6.45) is 0.580. The normalized spacial score (nSPS) is 25.9. The molecule has 0 radical (unpaired) electrons. The third-order valence-corrected chi connectivity index (χ3v) is 7.78. The first-order chi connectivity index (χ1) is 17.7. The molecule has 5 rings (SSSR count). The second-order valence-corrected chi connectivity index (χ2v) is 9.91. The molecule has 2 aliphatic heterocycles. The van der Waals surface area contributed by atoms with E-state index in [1.165, 1.54) is 27.2 Å². The second-order valence-electron chi connectivity index (χ2n) is 9.53. The molecule has 194 valence electrons. The molecule has 3 atom stereocenters. The monoisotopic (exact) mass is 526 g/mol. The van der Waals surface area contributed by atoms with E-state index in [1.54, 1.807) is 6.92 Å². The van der Waals surface area contributed by atoms with Gasteiger partial charge in [-0.3, -0.25) is 14.4 Å². The van der Waals surface area contributed by atoms with Crippen molar-refractivity contribution >= 4 is 29.1 Å². The van der Waals surface area contributed by atoms with Crippen LogP contribution in [-0.4, -0.2) is 44.0 Å². The smallest absolute Gasteiger partial charge is 0.302 e. The van der Waals surface area contributed by atoms with Crippen molar-refractivity contribution in [3.05, 3.63) is 63.9 Å². The summed E-state index contributed by atoms with van der Waals surface area (Å²) in [7, 11) is 2.90. The van der Waals surface area contributed by atoms with Gasteiger partial charge in [0.1, 0.15) is 27.7 Å². The summed E-state index contributed by atoms with van der Waals surface area (Å²) >= 11 is 6.59. The van der Waals surface area contributed by atoms with Crippen molar-refractivity contribution in [1.29, 1.82) is 0 Å². The van der Waals surface area contributed by atoms with Crippen molar-refractivity contribution in [2.75, 3.05) is 20.8 Å². The van der Waals surface area contributed by atoms with Gasteiger partial charge < -0.3 is 23.7 Å². The Morgan fingerprint density at radius 2 is 1.81 bits per heavy atom. The molecule has 2 aromatic carbocycles. The van der Waals surface area contributed by atoms with Gasteiger partial charge >= 0.3 is 5.97 Å². The molecule has 0 aromatic heterocycles. The Bertz CT molecular complexity index is 1330. The largest absolute Gasteiger partial charge is 0.496 e. The molecule has 1 aliphatic carbocycles. The van der Waals surface area contributed by atoms with Crippen LogP contribution in [0, 0.1) is 5.92 Å². The van der Waals surface area contributed by atoms with E-state index in [9.17, 15) is 14.4 Å². The Morgan fingerprint density at radius 3 is 2.46 bits per heavy atom. The highest BCUT2D eigenvalue weighted by Crippen LogP contribution is 2.59. The zero-order valence-corrected chi connectivity index (χ0v) is 21.8. The Balaban J connectivity index is 1.64. The average molecular weight is 527 g/mol. The number of Topliss-reactive ketones (excluding diaryl/α,β-unsaturated/α-hetero) is 2. The zero-order valence-electron chi connectivity index (χ0n) is 21.0. The van der Waals surface area contributed by atoms with Gasteiger partial charge in [0.25, 0.3) is 0 Å². The predicted octanol–water partition coefficient (Wildman–Crippen LogP) is 4.80. The standard InChI is InChI=1S/C28H27ClO8/c1-15-12-19(31)18-14-27(10-11-35-16(2)30,17-8-6-5-7-9-17)37-26(18)28(15)25(32)22-20(33-3)13-21(34-4)23(29)24(22)36-28/h5-9,13,15H,10-12,14H2,1-4H3/t15-,27-,28-/m1/s1. The minimum absolute atomic E-state index is 0.0768. The number of ketones is 2. The molecule has 8 nitrogen and oxygen atoms in total. The van der Waals surface area contributed by atoms with E-state index in [1.807, 2.05) is 30.3 Å². The van der Waals surface area contributed by atoms with Crippen LogP contribution in [0.5, 0.6) is 17.2 Å². The van der Waals surface area contributed by atoms with Gasteiger partial charge in [-0.2, -0.15) is 0 Å². The van der Waals surface area contributed by atoms with Gasteiger partial charge in [0.15, 0.2) is 17.3 Å². The average Bonchev–Trinajstić information content (AvgIpc) is 3.43. The number of hydrogen-bond acceptors (Lipinski definition) is 8. The van der Waals surface area contributed by atoms with Gasteiger partial charge in [0, 0.05) is 43.7 Å². The lowest BCUT2D eigenvalue weighted by atomic mass is 9.72. The van der Waals surface area contributed by atoms with E-state index in [-0.39, 0.29) is 65.3 Å². The molecule has 0 saturated carbocycles. The van der Waals surface area contributed by atoms with Crippen LogP contribution in [0.3, 0.4) is 0 Å². The Labute approximate surface area is 219 Å². The number of rotatable bonds is 6. The van der Waals surface area contributed by atoms with E-state index < -0.39 is 23.1 Å². The van der Waals surface area contributed by atoms with Crippen LogP contribution < -0.4 is 14.2 Å². The van der Waals surface area contributed by atoms with Crippen LogP contribution in [0.2, 0.25) is 5.02 Å².